The maximum absolute atomic E-state index is 13.6. The standard InChI is InChI=1S/C25H24N2O3S/c1-18-9-13-22(14-10-18)27-24(28)23(17-19-11-15-21(16-12-19)26(2)3)31(29,30)25(27)20-7-5-4-6-8-20/h4-17,25H,1-3H3. The molecule has 5 nitrogen and oxygen atoms in total. The molecule has 0 aromatic heterocycles. The number of nitrogens with zero attached hydrogens (tertiary/aromatic N) is 2. The van der Waals surface area contributed by atoms with Crippen LogP contribution in [0.5, 0.6) is 0 Å². The first-order valence-corrected chi connectivity index (χ1v) is 11.5. The zero-order valence-corrected chi connectivity index (χ0v) is 18.5. The Labute approximate surface area is 183 Å². The SMILES string of the molecule is Cc1ccc(N2C(=O)C(=Cc3ccc(N(C)C)cc3)S(=O)(=O)C2c2ccccc2)cc1. The Bertz CT molecular complexity index is 1230. The third-order valence-electron chi connectivity index (χ3n) is 5.37. The van der Waals surface area contributed by atoms with Gasteiger partial charge in [-0.15, -0.1) is 0 Å². The van der Waals surface area contributed by atoms with Gasteiger partial charge in [0.2, 0.25) is 9.84 Å². The first-order chi connectivity index (χ1) is 14.8. The molecule has 0 aliphatic carbocycles. The smallest absolute Gasteiger partial charge is 0.271 e. The van der Waals surface area contributed by atoms with E-state index in [1.165, 1.54) is 11.0 Å². The molecule has 1 aliphatic heterocycles. The molecule has 1 heterocycles. The van der Waals surface area contributed by atoms with E-state index in [0.717, 1.165) is 11.3 Å². The van der Waals surface area contributed by atoms with Gasteiger partial charge >= 0.3 is 0 Å². The van der Waals surface area contributed by atoms with Crippen LogP contribution in [0.15, 0.2) is 83.8 Å². The fraction of sp³-hybridized carbons (Fsp3) is 0.160. The average Bonchev–Trinajstić information content (AvgIpc) is 2.95. The fourth-order valence-electron chi connectivity index (χ4n) is 3.67. The highest BCUT2D eigenvalue weighted by molar-refractivity contribution is 7.97. The van der Waals surface area contributed by atoms with Crippen LogP contribution >= 0.6 is 0 Å². The van der Waals surface area contributed by atoms with Gasteiger partial charge in [0.15, 0.2) is 5.37 Å². The van der Waals surface area contributed by atoms with Crippen molar-refractivity contribution in [2.45, 2.75) is 12.3 Å². The Morgan fingerprint density at radius 1 is 0.871 bits per heavy atom. The Balaban J connectivity index is 1.85. The molecule has 0 N–H and O–H groups in total. The maximum Gasteiger partial charge on any atom is 0.271 e. The predicted octanol–water partition coefficient (Wildman–Crippen LogP) is 4.56. The lowest BCUT2D eigenvalue weighted by Crippen LogP contribution is -2.28. The van der Waals surface area contributed by atoms with Crippen molar-refractivity contribution < 1.29 is 13.2 Å². The van der Waals surface area contributed by atoms with Crippen LogP contribution in [0.4, 0.5) is 11.4 Å². The molecule has 6 heteroatoms. The normalized spacial score (nSPS) is 19.1. The molecular weight excluding hydrogens is 408 g/mol. The van der Waals surface area contributed by atoms with Crippen LogP contribution in [0.25, 0.3) is 6.08 Å². The zero-order chi connectivity index (χ0) is 22.2. The molecule has 158 valence electrons. The van der Waals surface area contributed by atoms with E-state index in [4.69, 9.17) is 0 Å². The van der Waals surface area contributed by atoms with Gasteiger partial charge in [-0.3, -0.25) is 9.69 Å². The van der Waals surface area contributed by atoms with Gasteiger partial charge in [0.1, 0.15) is 4.91 Å². The summed E-state index contributed by atoms with van der Waals surface area (Å²) in [7, 11) is -0.0694. The van der Waals surface area contributed by atoms with Gasteiger partial charge in [-0.1, -0.05) is 60.2 Å². The molecule has 1 amide bonds. The second-order valence-corrected chi connectivity index (χ2v) is 9.79. The molecule has 4 rings (SSSR count). The highest BCUT2D eigenvalue weighted by Crippen LogP contribution is 2.43. The summed E-state index contributed by atoms with van der Waals surface area (Å²) in [5.74, 6) is -0.519. The van der Waals surface area contributed by atoms with Gasteiger partial charge < -0.3 is 4.90 Å². The summed E-state index contributed by atoms with van der Waals surface area (Å²) in [5.41, 5.74) is 3.80. The molecule has 31 heavy (non-hydrogen) atoms. The van der Waals surface area contributed by atoms with Crippen molar-refractivity contribution in [1.82, 2.24) is 0 Å². The highest BCUT2D eigenvalue weighted by Gasteiger charge is 2.50. The minimum Gasteiger partial charge on any atom is -0.378 e. The van der Waals surface area contributed by atoms with E-state index in [-0.39, 0.29) is 4.91 Å². The number of aryl methyl sites for hydroxylation is 1. The minimum atomic E-state index is -3.94. The van der Waals surface area contributed by atoms with Crippen molar-refractivity contribution in [3.8, 4) is 0 Å². The first-order valence-electron chi connectivity index (χ1n) is 9.97. The molecule has 0 saturated carbocycles. The molecule has 1 aliphatic rings. The zero-order valence-electron chi connectivity index (χ0n) is 17.7. The molecule has 3 aromatic carbocycles. The number of hydrogen-bond acceptors (Lipinski definition) is 4. The fourth-order valence-corrected chi connectivity index (χ4v) is 5.57. The summed E-state index contributed by atoms with van der Waals surface area (Å²) in [6, 6.07) is 23.6. The number of rotatable bonds is 4. The Hall–Kier alpha value is -3.38. The quantitative estimate of drug-likeness (QED) is 0.567. The van der Waals surface area contributed by atoms with E-state index in [9.17, 15) is 13.2 Å². The van der Waals surface area contributed by atoms with Crippen LogP contribution < -0.4 is 9.80 Å². The number of anilines is 2. The largest absolute Gasteiger partial charge is 0.378 e. The van der Waals surface area contributed by atoms with Crippen LogP contribution in [0, 0.1) is 6.92 Å². The van der Waals surface area contributed by atoms with Gasteiger partial charge in [0.25, 0.3) is 5.91 Å². The Morgan fingerprint density at radius 2 is 1.48 bits per heavy atom. The molecular formula is C25H24N2O3S. The minimum absolute atomic E-state index is 0.195. The van der Waals surface area contributed by atoms with E-state index in [1.807, 2.05) is 68.4 Å². The molecule has 1 fully saturated rings. The molecule has 1 unspecified atom stereocenters. The van der Waals surface area contributed by atoms with Gasteiger partial charge in [-0.25, -0.2) is 8.42 Å². The number of carbonyl (C=O) groups is 1. The van der Waals surface area contributed by atoms with Gasteiger partial charge in [-0.2, -0.15) is 0 Å². The van der Waals surface area contributed by atoms with E-state index in [2.05, 4.69) is 0 Å². The van der Waals surface area contributed by atoms with E-state index < -0.39 is 21.1 Å². The van der Waals surface area contributed by atoms with E-state index >= 15 is 0 Å². The van der Waals surface area contributed by atoms with Crippen molar-refractivity contribution in [2.75, 3.05) is 23.9 Å². The van der Waals surface area contributed by atoms with Crippen molar-refractivity contribution in [3.05, 3.63) is 100 Å². The van der Waals surface area contributed by atoms with Crippen LogP contribution in [0.1, 0.15) is 22.1 Å². The van der Waals surface area contributed by atoms with Crippen LogP contribution in [-0.2, 0) is 14.6 Å². The summed E-state index contributed by atoms with van der Waals surface area (Å²) in [6.07, 6.45) is 1.47. The van der Waals surface area contributed by atoms with Crippen molar-refractivity contribution in [1.29, 1.82) is 0 Å². The molecule has 1 saturated heterocycles. The Kier molecular flexibility index (Phi) is 5.41. The number of amides is 1. The molecule has 3 aromatic rings. The van der Waals surface area contributed by atoms with Crippen molar-refractivity contribution in [2.24, 2.45) is 0 Å². The summed E-state index contributed by atoms with van der Waals surface area (Å²) in [4.78, 5) is 16.6. The lowest BCUT2D eigenvalue weighted by atomic mass is 10.1. The number of hydrogen-bond donors (Lipinski definition) is 0. The van der Waals surface area contributed by atoms with Crippen LogP contribution in [0.2, 0.25) is 0 Å². The monoisotopic (exact) mass is 432 g/mol. The van der Waals surface area contributed by atoms with Gasteiger partial charge in [-0.05, 0) is 48.4 Å². The summed E-state index contributed by atoms with van der Waals surface area (Å²) < 4.78 is 27.2. The molecule has 1 atom stereocenters. The van der Waals surface area contributed by atoms with E-state index in [0.29, 0.717) is 16.8 Å². The lowest BCUT2D eigenvalue weighted by molar-refractivity contribution is -0.114. The van der Waals surface area contributed by atoms with Crippen molar-refractivity contribution >= 4 is 33.2 Å². The van der Waals surface area contributed by atoms with Crippen LogP contribution in [-0.4, -0.2) is 28.4 Å². The third kappa shape index (κ3) is 3.86. The molecule has 0 radical (unpaired) electrons. The summed E-state index contributed by atoms with van der Waals surface area (Å²) in [5, 5.41) is -1.10. The van der Waals surface area contributed by atoms with Crippen molar-refractivity contribution in [3.63, 3.8) is 0 Å². The topological polar surface area (TPSA) is 57.7 Å². The van der Waals surface area contributed by atoms with Gasteiger partial charge in [0.05, 0.1) is 0 Å². The first kappa shape index (κ1) is 20.9. The van der Waals surface area contributed by atoms with Gasteiger partial charge in [0, 0.05) is 25.5 Å². The predicted molar refractivity (Wildman–Crippen MR) is 126 cm³/mol. The number of carbonyl (C=O) groups excluding carboxylic acids is 1. The van der Waals surface area contributed by atoms with E-state index in [1.54, 1.807) is 36.4 Å². The maximum atomic E-state index is 13.6. The second kappa shape index (κ2) is 8.04. The Morgan fingerprint density at radius 3 is 2.06 bits per heavy atom. The molecule has 0 bridgehead atoms. The number of sulfone groups is 1. The van der Waals surface area contributed by atoms with Crippen LogP contribution in [0.3, 0.4) is 0 Å². The third-order valence-corrected chi connectivity index (χ3v) is 7.35. The second-order valence-electron chi connectivity index (χ2n) is 7.81. The number of benzene rings is 3. The summed E-state index contributed by atoms with van der Waals surface area (Å²) >= 11 is 0. The highest BCUT2D eigenvalue weighted by atomic mass is 32.2. The average molecular weight is 433 g/mol. The molecule has 0 spiro atoms. The lowest BCUT2D eigenvalue weighted by Gasteiger charge is -2.23. The summed E-state index contributed by atoms with van der Waals surface area (Å²) in [6.45, 7) is 1.95.